The highest BCUT2D eigenvalue weighted by atomic mass is 127. The Morgan fingerprint density at radius 1 is 1.15 bits per heavy atom. The lowest BCUT2D eigenvalue weighted by molar-refractivity contribution is 0.0179. The number of nitrogens with zero attached hydrogens (tertiary/aromatic N) is 2. The predicted octanol–water partition coefficient (Wildman–Crippen LogP) is 4.00. The molecule has 0 bridgehead atoms. The smallest absolute Gasteiger partial charge is 0.191 e. The highest BCUT2D eigenvalue weighted by molar-refractivity contribution is 14.0. The van der Waals surface area contributed by atoms with Gasteiger partial charge in [-0.05, 0) is 42.7 Å². The van der Waals surface area contributed by atoms with Crippen molar-refractivity contribution in [3.63, 3.8) is 0 Å². The number of guanidine groups is 1. The van der Waals surface area contributed by atoms with E-state index >= 15 is 0 Å². The number of furan rings is 1. The maximum Gasteiger partial charge on any atom is 0.191 e. The second-order valence-electron chi connectivity index (χ2n) is 8.51. The molecule has 1 unspecified atom stereocenters. The molecule has 1 aliphatic carbocycles. The number of benzene rings is 1. The number of hydrogen-bond acceptors (Lipinski definition) is 5. The summed E-state index contributed by atoms with van der Waals surface area (Å²) in [5.74, 6) is 2.76. The number of halogens is 1. The van der Waals surface area contributed by atoms with E-state index in [9.17, 15) is 0 Å². The minimum Gasteiger partial charge on any atom is -0.497 e. The highest BCUT2D eigenvalue weighted by Crippen LogP contribution is 2.25. The van der Waals surface area contributed by atoms with Crippen molar-refractivity contribution in [2.45, 2.75) is 44.2 Å². The van der Waals surface area contributed by atoms with Crippen LogP contribution in [0.5, 0.6) is 5.75 Å². The molecule has 2 fully saturated rings. The van der Waals surface area contributed by atoms with E-state index in [2.05, 4.69) is 27.7 Å². The normalized spacial score (nSPS) is 18.5. The number of ether oxygens (including phenoxy) is 2. The lowest BCUT2D eigenvalue weighted by Gasteiger charge is -2.34. The third-order valence-electron chi connectivity index (χ3n) is 6.35. The molecule has 1 saturated heterocycles. The molecule has 2 aromatic rings. The quantitative estimate of drug-likeness (QED) is 0.271. The molecule has 1 aromatic carbocycles. The van der Waals surface area contributed by atoms with E-state index in [-0.39, 0.29) is 30.0 Å². The van der Waals surface area contributed by atoms with Crippen LogP contribution in [0.2, 0.25) is 0 Å². The van der Waals surface area contributed by atoms with Crippen molar-refractivity contribution in [3.05, 3.63) is 54.0 Å². The van der Waals surface area contributed by atoms with Gasteiger partial charge >= 0.3 is 0 Å². The monoisotopic (exact) mass is 568 g/mol. The Hall–Kier alpha value is -1.78. The van der Waals surface area contributed by atoms with E-state index in [1.807, 2.05) is 24.3 Å². The van der Waals surface area contributed by atoms with Gasteiger partial charge in [-0.15, -0.1) is 24.0 Å². The van der Waals surface area contributed by atoms with E-state index < -0.39 is 0 Å². The average Bonchev–Trinajstić information content (AvgIpc) is 3.55. The Balaban J connectivity index is 0.00000306. The lowest BCUT2D eigenvalue weighted by Crippen LogP contribution is -2.44. The molecule has 1 aromatic heterocycles. The Kier molecular flexibility index (Phi) is 10.8. The van der Waals surface area contributed by atoms with Crippen LogP contribution in [0.4, 0.5) is 0 Å². The van der Waals surface area contributed by atoms with Crippen molar-refractivity contribution >= 4 is 29.9 Å². The summed E-state index contributed by atoms with van der Waals surface area (Å²) in [5.41, 5.74) is 1.26. The molecule has 0 radical (unpaired) electrons. The van der Waals surface area contributed by atoms with Gasteiger partial charge in [0.15, 0.2) is 5.96 Å². The van der Waals surface area contributed by atoms with Gasteiger partial charge in [-0.25, -0.2) is 0 Å². The Morgan fingerprint density at radius 3 is 2.58 bits per heavy atom. The van der Waals surface area contributed by atoms with E-state index in [1.165, 1.54) is 31.2 Å². The zero-order valence-electron chi connectivity index (χ0n) is 19.5. The van der Waals surface area contributed by atoms with Gasteiger partial charge in [0.1, 0.15) is 11.5 Å². The van der Waals surface area contributed by atoms with Crippen LogP contribution in [0, 0.1) is 0 Å². The first kappa shape index (κ1) is 25.8. The van der Waals surface area contributed by atoms with Crippen LogP contribution < -0.4 is 15.4 Å². The van der Waals surface area contributed by atoms with Crippen molar-refractivity contribution in [1.82, 2.24) is 15.5 Å². The Morgan fingerprint density at radius 2 is 1.91 bits per heavy atom. The summed E-state index contributed by atoms with van der Waals surface area (Å²) in [7, 11) is 1.70. The fourth-order valence-electron chi connectivity index (χ4n) is 4.50. The molecule has 0 spiro atoms. The Labute approximate surface area is 214 Å². The van der Waals surface area contributed by atoms with Gasteiger partial charge in [0.05, 0.1) is 39.2 Å². The first-order valence-corrected chi connectivity index (χ1v) is 11.8. The summed E-state index contributed by atoms with van der Waals surface area (Å²) >= 11 is 0. The number of methoxy groups -OCH3 is 1. The van der Waals surface area contributed by atoms with E-state index in [0.717, 1.165) is 56.7 Å². The van der Waals surface area contributed by atoms with Gasteiger partial charge in [0.25, 0.3) is 0 Å². The Bertz CT molecular complexity index is 817. The second-order valence-corrected chi connectivity index (χ2v) is 8.51. The summed E-state index contributed by atoms with van der Waals surface area (Å²) in [5, 5.41) is 7.20. The fourth-order valence-corrected chi connectivity index (χ4v) is 4.50. The second kappa shape index (κ2) is 13.8. The largest absolute Gasteiger partial charge is 0.497 e. The van der Waals surface area contributed by atoms with Crippen LogP contribution in [0.25, 0.3) is 0 Å². The summed E-state index contributed by atoms with van der Waals surface area (Å²) < 4.78 is 16.4. The highest BCUT2D eigenvalue weighted by Gasteiger charge is 2.23. The molecule has 1 atom stereocenters. The third-order valence-corrected chi connectivity index (χ3v) is 6.35. The predicted molar refractivity (Wildman–Crippen MR) is 142 cm³/mol. The van der Waals surface area contributed by atoms with E-state index in [0.29, 0.717) is 12.6 Å². The van der Waals surface area contributed by atoms with Crippen molar-refractivity contribution in [1.29, 1.82) is 0 Å². The lowest BCUT2D eigenvalue weighted by atomic mass is 10.0. The zero-order valence-corrected chi connectivity index (χ0v) is 21.8. The van der Waals surface area contributed by atoms with Crippen LogP contribution in [0.1, 0.15) is 43.0 Å². The van der Waals surface area contributed by atoms with Crippen LogP contribution in [0.3, 0.4) is 0 Å². The minimum absolute atomic E-state index is 0. The molecule has 2 N–H and O–H groups in total. The molecule has 2 heterocycles. The first-order chi connectivity index (χ1) is 15.8. The third kappa shape index (κ3) is 7.89. The number of aliphatic imine (C=N–C) groups is 1. The molecule has 2 aliphatic rings. The molecular weight excluding hydrogens is 531 g/mol. The molecule has 4 rings (SSSR count). The van der Waals surface area contributed by atoms with Crippen molar-refractivity contribution in [3.8, 4) is 5.75 Å². The molecule has 0 amide bonds. The van der Waals surface area contributed by atoms with Crippen molar-refractivity contribution in [2.75, 3.05) is 46.5 Å². The fraction of sp³-hybridized carbons (Fsp3) is 0.560. The minimum atomic E-state index is 0. The average molecular weight is 569 g/mol. The van der Waals surface area contributed by atoms with Crippen molar-refractivity contribution in [2.24, 2.45) is 4.99 Å². The SMILES string of the molecule is COc1ccc(C(CN=C(NCCc2ccco2)NC2CCCC2)N2CCOCC2)cc1.I. The number of morpholine rings is 1. The van der Waals surface area contributed by atoms with Gasteiger partial charge in [-0.3, -0.25) is 9.89 Å². The van der Waals surface area contributed by atoms with Gasteiger partial charge in [0, 0.05) is 32.1 Å². The molecule has 8 heteroatoms. The van der Waals surface area contributed by atoms with Crippen LogP contribution >= 0.6 is 24.0 Å². The number of nitrogens with one attached hydrogen (secondary N) is 2. The molecule has 1 saturated carbocycles. The van der Waals surface area contributed by atoms with Crippen LogP contribution in [-0.4, -0.2) is 63.4 Å². The molecular formula is C25H37IN4O3. The van der Waals surface area contributed by atoms with Gasteiger partial charge in [-0.2, -0.15) is 0 Å². The van der Waals surface area contributed by atoms with Crippen LogP contribution in [-0.2, 0) is 11.2 Å². The van der Waals surface area contributed by atoms with Gasteiger partial charge in [-0.1, -0.05) is 25.0 Å². The molecule has 7 nitrogen and oxygen atoms in total. The standard InChI is InChI=1S/C25H36N4O3.HI/c1-30-22-10-8-20(9-11-22)24(29-14-17-31-18-15-29)19-27-25(28-21-5-2-3-6-21)26-13-12-23-7-4-16-32-23;/h4,7-11,16,21,24H,2-3,5-6,12-15,17-19H2,1H3,(H2,26,27,28);1H. The van der Waals surface area contributed by atoms with Gasteiger partial charge in [0.2, 0.25) is 0 Å². The summed E-state index contributed by atoms with van der Waals surface area (Å²) in [6.07, 6.45) is 7.57. The van der Waals surface area contributed by atoms with Crippen molar-refractivity contribution < 1.29 is 13.9 Å². The van der Waals surface area contributed by atoms with Crippen LogP contribution in [0.15, 0.2) is 52.1 Å². The molecule has 1 aliphatic heterocycles. The first-order valence-electron chi connectivity index (χ1n) is 11.8. The summed E-state index contributed by atoms with van der Waals surface area (Å²) in [6.45, 7) is 4.86. The zero-order chi connectivity index (χ0) is 22.0. The summed E-state index contributed by atoms with van der Waals surface area (Å²) in [6, 6.07) is 13.0. The van der Waals surface area contributed by atoms with E-state index in [1.54, 1.807) is 13.4 Å². The maximum atomic E-state index is 5.59. The maximum absolute atomic E-state index is 5.59. The topological polar surface area (TPSA) is 71.3 Å². The summed E-state index contributed by atoms with van der Waals surface area (Å²) in [4.78, 5) is 7.53. The van der Waals surface area contributed by atoms with E-state index in [4.69, 9.17) is 18.9 Å². The number of rotatable bonds is 9. The number of hydrogen-bond donors (Lipinski definition) is 2. The molecule has 33 heavy (non-hydrogen) atoms. The van der Waals surface area contributed by atoms with Gasteiger partial charge < -0.3 is 24.5 Å². The molecule has 182 valence electrons.